The minimum atomic E-state index is -1.43. The summed E-state index contributed by atoms with van der Waals surface area (Å²) in [5, 5.41) is 16.9. The molecule has 0 bridgehead atoms. The zero-order chi connectivity index (χ0) is 26.0. The summed E-state index contributed by atoms with van der Waals surface area (Å²) in [6.07, 6.45) is -0.559. The zero-order valence-electron chi connectivity index (χ0n) is 19.9. The van der Waals surface area contributed by atoms with Crippen molar-refractivity contribution in [2.75, 3.05) is 0 Å². The highest BCUT2D eigenvalue weighted by atomic mass is 16.4. The van der Waals surface area contributed by atoms with Gasteiger partial charge in [0.15, 0.2) is 0 Å². The molecule has 0 aliphatic rings. The van der Waals surface area contributed by atoms with E-state index in [9.17, 15) is 29.1 Å². The molecule has 0 radical (unpaired) electrons. The van der Waals surface area contributed by atoms with E-state index in [1.54, 1.807) is 58.0 Å². The van der Waals surface area contributed by atoms with Crippen LogP contribution in [0, 0.1) is 11.8 Å². The van der Waals surface area contributed by atoms with Crippen LogP contribution >= 0.6 is 0 Å². The smallest absolute Gasteiger partial charge is 0.326 e. The maximum atomic E-state index is 12.9. The molecular weight excluding hydrogens is 442 g/mol. The third-order valence-corrected chi connectivity index (χ3v) is 5.20. The Morgan fingerprint density at radius 2 is 1.38 bits per heavy atom. The van der Waals surface area contributed by atoms with Gasteiger partial charge in [0.1, 0.15) is 18.1 Å². The van der Waals surface area contributed by atoms with Crippen LogP contribution in [0.2, 0.25) is 0 Å². The Morgan fingerprint density at radius 3 is 1.85 bits per heavy atom. The third-order valence-electron chi connectivity index (χ3n) is 5.20. The molecule has 4 amide bonds. The topological polar surface area (TPSA) is 194 Å². The first-order valence-corrected chi connectivity index (χ1v) is 11.0. The molecule has 0 aliphatic carbocycles. The molecule has 1 rings (SSSR count). The van der Waals surface area contributed by atoms with E-state index >= 15 is 0 Å². The summed E-state index contributed by atoms with van der Waals surface area (Å²) in [5.41, 5.74) is 11.8. The largest absolute Gasteiger partial charge is 0.480 e. The molecule has 4 unspecified atom stereocenters. The quantitative estimate of drug-likeness (QED) is 0.216. The van der Waals surface area contributed by atoms with E-state index in [4.69, 9.17) is 11.5 Å². The van der Waals surface area contributed by atoms with E-state index in [0.717, 1.165) is 0 Å². The van der Waals surface area contributed by atoms with Crippen molar-refractivity contribution in [3.05, 3.63) is 35.9 Å². The molecule has 0 fully saturated rings. The predicted molar refractivity (Wildman–Crippen MR) is 125 cm³/mol. The molecule has 0 saturated carbocycles. The molecule has 0 spiro atoms. The number of hydrogen-bond acceptors (Lipinski definition) is 6. The van der Waals surface area contributed by atoms with Crippen LogP contribution in [0.1, 0.15) is 39.7 Å². The molecule has 11 heteroatoms. The summed E-state index contributed by atoms with van der Waals surface area (Å²) in [6.45, 7) is 6.90. The predicted octanol–water partition coefficient (Wildman–Crippen LogP) is -0.717. The van der Waals surface area contributed by atoms with Gasteiger partial charge in [0.25, 0.3) is 0 Å². The van der Waals surface area contributed by atoms with Crippen LogP contribution in [0.3, 0.4) is 0 Å². The SMILES string of the molecule is CC(C)C(N)C(=O)NC(C(=O)NC(CC(N)=O)C(=O)NC(Cc1ccccc1)C(=O)O)C(C)C. The maximum Gasteiger partial charge on any atom is 0.326 e. The van der Waals surface area contributed by atoms with Crippen LogP contribution in [0.4, 0.5) is 0 Å². The number of hydrogen-bond donors (Lipinski definition) is 6. The summed E-state index contributed by atoms with van der Waals surface area (Å²) in [4.78, 5) is 61.3. The number of amides is 4. The number of aliphatic carboxylic acids is 1. The Bertz CT molecular complexity index is 874. The third kappa shape index (κ3) is 9.18. The number of rotatable bonds is 13. The number of carboxylic acid groups (broad SMARTS) is 1. The monoisotopic (exact) mass is 477 g/mol. The molecule has 1 aromatic carbocycles. The number of carbonyl (C=O) groups excluding carboxylic acids is 4. The van der Waals surface area contributed by atoms with Gasteiger partial charge in [-0.05, 0) is 17.4 Å². The van der Waals surface area contributed by atoms with Gasteiger partial charge < -0.3 is 32.5 Å². The van der Waals surface area contributed by atoms with Gasteiger partial charge in [0, 0.05) is 6.42 Å². The Labute approximate surface area is 199 Å². The zero-order valence-corrected chi connectivity index (χ0v) is 19.9. The Kier molecular flexibility index (Phi) is 11.2. The highest BCUT2D eigenvalue weighted by Gasteiger charge is 2.32. The van der Waals surface area contributed by atoms with Gasteiger partial charge in [-0.3, -0.25) is 19.2 Å². The van der Waals surface area contributed by atoms with Crippen molar-refractivity contribution in [3.63, 3.8) is 0 Å². The van der Waals surface area contributed by atoms with Crippen LogP contribution in [0.15, 0.2) is 30.3 Å². The second-order valence-corrected chi connectivity index (χ2v) is 8.82. The van der Waals surface area contributed by atoms with Gasteiger partial charge in [-0.25, -0.2) is 4.79 Å². The normalized spacial score (nSPS) is 14.6. The fraction of sp³-hybridized carbons (Fsp3) is 0.522. The van der Waals surface area contributed by atoms with E-state index in [2.05, 4.69) is 16.0 Å². The highest BCUT2D eigenvalue weighted by Crippen LogP contribution is 2.08. The van der Waals surface area contributed by atoms with E-state index in [0.29, 0.717) is 5.56 Å². The standard InChI is InChI=1S/C23H35N5O6/c1-12(2)18(25)21(31)28-19(13(3)4)22(32)26-15(11-17(24)29)20(30)27-16(23(33)34)10-14-8-6-5-7-9-14/h5-9,12-13,15-16,18-19H,10-11,25H2,1-4H3,(H2,24,29)(H,26,32)(H,27,30)(H,28,31)(H,33,34). The minimum Gasteiger partial charge on any atom is -0.480 e. The lowest BCUT2D eigenvalue weighted by atomic mass is 9.99. The van der Waals surface area contributed by atoms with Crippen molar-refractivity contribution in [1.82, 2.24) is 16.0 Å². The number of nitrogens with one attached hydrogen (secondary N) is 3. The molecule has 188 valence electrons. The first-order valence-electron chi connectivity index (χ1n) is 11.0. The molecule has 0 aliphatic heterocycles. The van der Waals surface area contributed by atoms with Crippen LogP contribution in [0.5, 0.6) is 0 Å². The lowest BCUT2D eigenvalue weighted by molar-refractivity contribution is -0.142. The van der Waals surface area contributed by atoms with Gasteiger partial charge in [-0.2, -0.15) is 0 Å². The first-order chi connectivity index (χ1) is 15.8. The van der Waals surface area contributed by atoms with Gasteiger partial charge in [0.2, 0.25) is 23.6 Å². The Hall–Kier alpha value is -3.47. The fourth-order valence-electron chi connectivity index (χ4n) is 3.08. The number of primary amides is 1. The van der Waals surface area contributed by atoms with Gasteiger partial charge >= 0.3 is 5.97 Å². The van der Waals surface area contributed by atoms with Crippen molar-refractivity contribution in [2.45, 2.75) is 64.7 Å². The average Bonchev–Trinajstić information content (AvgIpc) is 2.75. The molecule has 8 N–H and O–H groups in total. The summed E-state index contributed by atoms with van der Waals surface area (Å²) in [6, 6.07) is 4.05. The van der Waals surface area contributed by atoms with E-state index < -0.39 is 60.2 Å². The molecule has 0 saturated heterocycles. The van der Waals surface area contributed by atoms with Crippen molar-refractivity contribution >= 4 is 29.6 Å². The van der Waals surface area contributed by atoms with Crippen molar-refractivity contribution < 1.29 is 29.1 Å². The van der Waals surface area contributed by atoms with Gasteiger partial charge in [-0.1, -0.05) is 58.0 Å². The van der Waals surface area contributed by atoms with E-state index in [-0.39, 0.29) is 18.3 Å². The van der Waals surface area contributed by atoms with Crippen LogP contribution in [-0.2, 0) is 30.4 Å². The van der Waals surface area contributed by atoms with Crippen LogP contribution in [-0.4, -0.2) is 58.9 Å². The summed E-state index contributed by atoms with van der Waals surface area (Å²) >= 11 is 0. The molecule has 4 atom stereocenters. The number of carboxylic acids is 1. The Balaban J connectivity index is 2.99. The van der Waals surface area contributed by atoms with Gasteiger partial charge in [-0.15, -0.1) is 0 Å². The lowest BCUT2D eigenvalue weighted by Crippen LogP contribution is -2.59. The van der Waals surface area contributed by atoms with Crippen molar-refractivity contribution in [2.24, 2.45) is 23.3 Å². The number of benzene rings is 1. The summed E-state index contributed by atoms with van der Waals surface area (Å²) in [5.74, 6) is -4.83. The molecule has 0 aromatic heterocycles. The van der Waals surface area contributed by atoms with Crippen molar-refractivity contribution in [1.29, 1.82) is 0 Å². The number of nitrogens with two attached hydrogens (primary N) is 2. The van der Waals surface area contributed by atoms with Gasteiger partial charge in [0.05, 0.1) is 12.5 Å². The fourth-order valence-corrected chi connectivity index (χ4v) is 3.08. The second kappa shape index (κ2) is 13.3. The molecule has 0 heterocycles. The summed E-state index contributed by atoms with van der Waals surface area (Å²) in [7, 11) is 0. The lowest BCUT2D eigenvalue weighted by Gasteiger charge is -2.27. The molecule has 34 heavy (non-hydrogen) atoms. The molecule has 1 aromatic rings. The Morgan fingerprint density at radius 1 is 0.824 bits per heavy atom. The molecular formula is C23H35N5O6. The van der Waals surface area contributed by atoms with Crippen LogP contribution < -0.4 is 27.4 Å². The average molecular weight is 478 g/mol. The highest BCUT2D eigenvalue weighted by molar-refractivity contribution is 5.96. The van der Waals surface area contributed by atoms with E-state index in [1.165, 1.54) is 0 Å². The second-order valence-electron chi connectivity index (χ2n) is 8.82. The van der Waals surface area contributed by atoms with Crippen molar-refractivity contribution in [3.8, 4) is 0 Å². The molecule has 11 nitrogen and oxygen atoms in total. The minimum absolute atomic E-state index is 0.00306. The first kappa shape index (κ1) is 28.6. The maximum absolute atomic E-state index is 12.9. The number of carbonyl (C=O) groups is 5. The summed E-state index contributed by atoms with van der Waals surface area (Å²) < 4.78 is 0. The van der Waals surface area contributed by atoms with Crippen LogP contribution in [0.25, 0.3) is 0 Å². The van der Waals surface area contributed by atoms with E-state index in [1.807, 2.05) is 0 Å².